The fourth-order valence-electron chi connectivity index (χ4n) is 4.49. The molecule has 0 heterocycles. The number of halogens is 4. The largest absolute Gasteiger partial charge is 0.143 e. The van der Waals surface area contributed by atoms with Gasteiger partial charge in [-0.2, -0.15) is 0 Å². The molecule has 4 heteroatoms. The molecule has 0 radical (unpaired) electrons. The maximum Gasteiger partial charge on any atom is 0.143 e. The Labute approximate surface area is 238 Å². The molecule has 0 aliphatic heterocycles. The summed E-state index contributed by atoms with van der Waals surface area (Å²) >= 11 is 26.2. The highest BCUT2D eigenvalue weighted by atomic mass is 35.5. The van der Waals surface area contributed by atoms with Gasteiger partial charge in [0.25, 0.3) is 0 Å². The first kappa shape index (κ1) is 25.8. The zero-order valence-electron chi connectivity index (χ0n) is 19.9. The average Bonchev–Trinajstić information content (AvgIpc) is 2.90. The Bertz CT molecular complexity index is 1400. The van der Waals surface area contributed by atoms with Crippen molar-refractivity contribution in [3.8, 4) is 0 Å². The molecule has 37 heavy (non-hydrogen) atoms. The molecule has 5 rings (SSSR count). The molecule has 0 spiro atoms. The van der Waals surface area contributed by atoms with Crippen LogP contribution in [0, 0.1) is 5.38 Å². The van der Waals surface area contributed by atoms with Gasteiger partial charge in [0.05, 0.1) is 5.57 Å². The molecule has 0 amide bonds. The second kappa shape index (κ2) is 11.7. The predicted octanol–water partition coefficient (Wildman–Crippen LogP) is 10.4. The quantitative estimate of drug-likeness (QED) is 0.206. The van der Waals surface area contributed by atoms with Gasteiger partial charge in [-0.05, 0) is 94.7 Å². The van der Waals surface area contributed by atoms with E-state index in [-0.39, 0.29) is 0 Å². The van der Waals surface area contributed by atoms with Crippen molar-refractivity contribution in [1.29, 1.82) is 0 Å². The van der Waals surface area contributed by atoms with Gasteiger partial charge < -0.3 is 0 Å². The highest BCUT2D eigenvalue weighted by Crippen LogP contribution is 2.41. The number of allylic oxidation sites excluding steroid dienone is 5. The van der Waals surface area contributed by atoms with Crippen molar-refractivity contribution < 1.29 is 0 Å². The normalized spacial score (nSPS) is 13.0. The van der Waals surface area contributed by atoms with Crippen LogP contribution in [-0.2, 0) is 12.8 Å². The summed E-state index contributed by atoms with van der Waals surface area (Å²) in [6.07, 6.45) is 7.14. The molecular formula is C33H23Cl4+. The van der Waals surface area contributed by atoms with Gasteiger partial charge in [0, 0.05) is 39.4 Å². The summed E-state index contributed by atoms with van der Waals surface area (Å²) in [6, 6.07) is 32.9. The van der Waals surface area contributed by atoms with Crippen LogP contribution in [0.3, 0.4) is 0 Å². The Morgan fingerprint density at radius 1 is 0.595 bits per heavy atom. The van der Waals surface area contributed by atoms with Crippen LogP contribution in [0.4, 0.5) is 0 Å². The van der Waals surface area contributed by atoms with Gasteiger partial charge in [-0.15, -0.1) is 0 Å². The third-order valence-electron chi connectivity index (χ3n) is 6.40. The molecule has 0 aromatic heterocycles. The first-order valence-electron chi connectivity index (χ1n) is 12.0. The monoisotopic (exact) mass is 559 g/mol. The van der Waals surface area contributed by atoms with E-state index in [1.807, 2.05) is 54.6 Å². The van der Waals surface area contributed by atoms with Gasteiger partial charge >= 0.3 is 0 Å². The molecule has 0 nitrogen and oxygen atoms in total. The lowest BCUT2D eigenvalue weighted by atomic mass is 9.88. The van der Waals surface area contributed by atoms with Crippen LogP contribution in [0.15, 0.2) is 126 Å². The fraction of sp³-hybridized carbons (Fsp3) is 0.0606. The van der Waals surface area contributed by atoms with Crippen molar-refractivity contribution in [2.45, 2.75) is 12.8 Å². The summed E-state index contributed by atoms with van der Waals surface area (Å²) in [5.74, 6) is 0. The predicted molar refractivity (Wildman–Crippen MR) is 160 cm³/mol. The molecule has 0 atom stereocenters. The molecule has 0 N–H and O–H groups in total. The van der Waals surface area contributed by atoms with E-state index in [1.54, 1.807) is 0 Å². The lowest BCUT2D eigenvalue weighted by molar-refractivity contribution is 1.19. The van der Waals surface area contributed by atoms with Crippen LogP contribution >= 0.6 is 46.4 Å². The van der Waals surface area contributed by atoms with E-state index in [0.717, 1.165) is 56.3 Å². The van der Waals surface area contributed by atoms with E-state index in [4.69, 9.17) is 46.4 Å². The Hall–Kier alpha value is -2.87. The van der Waals surface area contributed by atoms with E-state index in [1.165, 1.54) is 11.1 Å². The molecule has 182 valence electrons. The molecule has 1 aliphatic carbocycles. The third-order valence-corrected chi connectivity index (χ3v) is 7.77. The van der Waals surface area contributed by atoms with Crippen LogP contribution < -0.4 is 0 Å². The van der Waals surface area contributed by atoms with Gasteiger partial charge in [0.1, 0.15) is 16.0 Å². The molecule has 4 aromatic rings. The first-order chi connectivity index (χ1) is 18.0. The van der Waals surface area contributed by atoms with Crippen molar-refractivity contribution in [3.05, 3.63) is 175 Å². The first-order valence-corrected chi connectivity index (χ1v) is 13.5. The molecule has 0 unspecified atom stereocenters. The molecule has 0 saturated carbocycles. The lowest BCUT2D eigenvalue weighted by Crippen LogP contribution is -2.03. The van der Waals surface area contributed by atoms with Crippen LogP contribution in [0.1, 0.15) is 33.4 Å². The second-order valence-electron chi connectivity index (χ2n) is 8.90. The second-order valence-corrected chi connectivity index (χ2v) is 10.5. The summed E-state index contributed by atoms with van der Waals surface area (Å²) in [7, 11) is 0. The highest BCUT2D eigenvalue weighted by molar-refractivity contribution is 6.39. The number of hydrogen-bond acceptors (Lipinski definition) is 0. The topological polar surface area (TPSA) is 0 Å². The minimum atomic E-state index is 0.614. The summed E-state index contributed by atoms with van der Waals surface area (Å²) in [6.45, 7) is 0. The van der Waals surface area contributed by atoms with Crippen molar-refractivity contribution in [3.63, 3.8) is 0 Å². The van der Waals surface area contributed by atoms with Crippen LogP contribution in [0.25, 0.3) is 5.57 Å². The van der Waals surface area contributed by atoms with E-state index in [0.29, 0.717) is 10.4 Å². The van der Waals surface area contributed by atoms with E-state index in [2.05, 4.69) is 60.7 Å². The van der Waals surface area contributed by atoms with Crippen LogP contribution in [0.2, 0.25) is 10.0 Å². The molecule has 4 aromatic carbocycles. The van der Waals surface area contributed by atoms with Crippen molar-refractivity contribution in [1.82, 2.24) is 0 Å². The molecule has 0 fully saturated rings. The zero-order chi connectivity index (χ0) is 25.8. The minimum absolute atomic E-state index is 0.614. The fourth-order valence-corrected chi connectivity index (χ4v) is 5.49. The Morgan fingerprint density at radius 2 is 1.05 bits per heavy atom. The average molecular weight is 561 g/mol. The van der Waals surface area contributed by atoms with Gasteiger partial charge in [-0.1, -0.05) is 83.9 Å². The SMILES string of the molecule is ClC1=CC=C[C+](Cl)C1=C(c1ccc(Cc2ccccc2Cl)cc1)c1ccc(Cc2ccccc2Cl)cc1. The van der Waals surface area contributed by atoms with Gasteiger partial charge in [0.2, 0.25) is 0 Å². The van der Waals surface area contributed by atoms with E-state index < -0.39 is 0 Å². The maximum absolute atomic E-state index is 6.70. The minimum Gasteiger partial charge on any atom is -0.0840 e. The van der Waals surface area contributed by atoms with Crippen molar-refractivity contribution in [2.24, 2.45) is 0 Å². The summed E-state index contributed by atoms with van der Waals surface area (Å²) in [5, 5.41) is 2.78. The van der Waals surface area contributed by atoms with Gasteiger partial charge in [0.15, 0.2) is 0 Å². The zero-order valence-corrected chi connectivity index (χ0v) is 22.9. The molecule has 1 aliphatic rings. The summed E-state index contributed by atoms with van der Waals surface area (Å²) in [4.78, 5) is 0. The van der Waals surface area contributed by atoms with Crippen molar-refractivity contribution in [2.75, 3.05) is 0 Å². The maximum atomic E-state index is 6.70. The van der Waals surface area contributed by atoms with E-state index in [9.17, 15) is 0 Å². The lowest BCUT2D eigenvalue weighted by Gasteiger charge is -2.14. The Kier molecular flexibility index (Phi) is 8.13. The Morgan fingerprint density at radius 3 is 1.49 bits per heavy atom. The molecule has 0 bridgehead atoms. The van der Waals surface area contributed by atoms with Crippen LogP contribution in [0.5, 0.6) is 0 Å². The number of rotatable bonds is 6. The third kappa shape index (κ3) is 6.00. The summed E-state index contributed by atoms with van der Waals surface area (Å²) in [5.41, 5.74) is 8.45. The Balaban J connectivity index is 1.50. The van der Waals surface area contributed by atoms with Gasteiger partial charge in [-0.25, -0.2) is 0 Å². The van der Waals surface area contributed by atoms with Crippen molar-refractivity contribution >= 4 is 52.0 Å². The van der Waals surface area contributed by atoms with Gasteiger partial charge in [-0.3, -0.25) is 0 Å². The molecular weight excluding hydrogens is 538 g/mol. The molecule has 0 saturated heterocycles. The highest BCUT2D eigenvalue weighted by Gasteiger charge is 2.30. The number of benzene rings is 4. The van der Waals surface area contributed by atoms with Crippen LogP contribution in [-0.4, -0.2) is 0 Å². The summed E-state index contributed by atoms with van der Waals surface area (Å²) < 4.78 is 0. The standard InChI is InChI=1S/C33H23Cl4/c34-28-8-3-1-6-26(28)20-22-12-16-24(17-13-22)32(33-30(36)10-5-11-31(33)37)25-18-14-23(15-19-25)21-27-7-2-4-9-29(27)35/h1-19H,20-21H2/q+1. The number of hydrogen-bond donors (Lipinski definition) is 0. The van der Waals surface area contributed by atoms with E-state index >= 15 is 0 Å². The smallest absolute Gasteiger partial charge is 0.0840 e.